The maximum atomic E-state index is 13.9. The van der Waals surface area contributed by atoms with Crippen LogP contribution < -0.4 is 10.2 Å². The van der Waals surface area contributed by atoms with Gasteiger partial charge in [0.2, 0.25) is 11.8 Å². The predicted molar refractivity (Wildman–Crippen MR) is 184 cm³/mol. The first-order valence-electron chi connectivity index (χ1n) is 15.7. The lowest BCUT2D eigenvalue weighted by molar-refractivity contribution is -0.123. The molecule has 1 fully saturated rings. The van der Waals surface area contributed by atoms with Crippen LogP contribution in [-0.2, 0) is 14.3 Å². The van der Waals surface area contributed by atoms with E-state index in [1.807, 2.05) is 54.6 Å². The third-order valence-electron chi connectivity index (χ3n) is 8.91. The van der Waals surface area contributed by atoms with Crippen LogP contribution in [0.2, 0.25) is 0 Å². The number of imide groups is 1. The summed E-state index contributed by atoms with van der Waals surface area (Å²) in [4.78, 5) is 29.0. The Hall–Kier alpha value is -3.76. The van der Waals surface area contributed by atoms with Gasteiger partial charge in [-0.15, -0.1) is 0 Å². The van der Waals surface area contributed by atoms with Crippen molar-refractivity contribution in [2.24, 2.45) is 17.8 Å². The Balaban J connectivity index is 1.37. The van der Waals surface area contributed by atoms with Gasteiger partial charge in [0.05, 0.1) is 36.8 Å². The summed E-state index contributed by atoms with van der Waals surface area (Å²) in [7, 11) is 1.56. The number of aromatic hydroxyl groups is 1. The predicted octanol–water partition coefficient (Wildman–Crippen LogP) is 6.98. The summed E-state index contributed by atoms with van der Waals surface area (Å²) in [5.41, 5.74) is 5.33. The van der Waals surface area contributed by atoms with Crippen molar-refractivity contribution in [2.75, 3.05) is 30.5 Å². The number of nitrogens with zero attached hydrogens (tertiary/aromatic N) is 1. The summed E-state index contributed by atoms with van der Waals surface area (Å²) < 4.78 is 6.35. The number of anilines is 3. The SMILES string of the molecule is CCC/C(=C\c1cc(Br)ccc1O)CC[C@@H](O)C1=C(COC)C[C@H]2C(=O)N(c3ccc(Nc4ccccc4)cc3)C(=O)[C@H]2[C@H]1CO. The first-order chi connectivity index (χ1) is 22.2. The highest BCUT2D eigenvalue weighted by Gasteiger charge is 2.55. The summed E-state index contributed by atoms with van der Waals surface area (Å²) in [5, 5.41) is 36.0. The van der Waals surface area contributed by atoms with Crippen molar-refractivity contribution in [2.45, 2.75) is 45.1 Å². The van der Waals surface area contributed by atoms with E-state index in [0.717, 1.165) is 39.8 Å². The Bertz CT molecular complexity index is 1600. The number of phenols is 1. The van der Waals surface area contributed by atoms with Gasteiger partial charge in [-0.2, -0.15) is 0 Å². The van der Waals surface area contributed by atoms with Crippen molar-refractivity contribution in [3.63, 3.8) is 0 Å². The van der Waals surface area contributed by atoms with Crippen molar-refractivity contribution in [1.82, 2.24) is 0 Å². The largest absolute Gasteiger partial charge is 0.507 e. The molecule has 4 N–H and O–H groups in total. The number of allylic oxidation sites excluding steroid dienone is 1. The van der Waals surface area contributed by atoms with Gasteiger partial charge in [0.1, 0.15) is 5.75 Å². The Labute approximate surface area is 278 Å². The van der Waals surface area contributed by atoms with Crippen LogP contribution in [0.25, 0.3) is 6.08 Å². The van der Waals surface area contributed by atoms with E-state index in [9.17, 15) is 24.9 Å². The fourth-order valence-electron chi connectivity index (χ4n) is 6.83. The van der Waals surface area contributed by atoms with Crippen molar-refractivity contribution in [1.29, 1.82) is 0 Å². The normalized spacial score (nSPS) is 20.7. The summed E-state index contributed by atoms with van der Waals surface area (Å²) in [5.74, 6) is -2.64. The average Bonchev–Trinajstić information content (AvgIpc) is 3.30. The quantitative estimate of drug-likeness (QED) is 0.113. The lowest BCUT2D eigenvalue weighted by Gasteiger charge is -2.36. The topological polar surface area (TPSA) is 119 Å². The summed E-state index contributed by atoms with van der Waals surface area (Å²) in [6, 6.07) is 22.1. The van der Waals surface area contributed by atoms with Gasteiger partial charge in [0.15, 0.2) is 0 Å². The first-order valence-corrected chi connectivity index (χ1v) is 16.5. The first kappa shape index (κ1) is 33.6. The summed E-state index contributed by atoms with van der Waals surface area (Å²) in [6.45, 7) is 1.89. The fraction of sp³-hybridized carbons (Fsp3) is 0.351. The fourth-order valence-corrected chi connectivity index (χ4v) is 7.21. The van der Waals surface area contributed by atoms with Gasteiger partial charge in [0.25, 0.3) is 0 Å². The summed E-state index contributed by atoms with van der Waals surface area (Å²) >= 11 is 3.46. The molecule has 1 aliphatic carbocycles. The van der Waals surface area contributed by atoms with Crippen LogP contribution >= 0.6 is 15.9 Å². The molecule has 1 heterocycles. The van der Waals surface area contributed by atoms with Crippen LogP contribution in [0.5, 0.6) is 5.75 Å². The molecule has 3 aromatic rings. The van der Waals surface area contributed by atoms with Gasteiger partial charge in [-0.05, 0) is 91.4 Å². The molecule has 9 heteroatoms. The number of ether oxygens (including phenoxy) is 1. The third-order valence-corrected chi connectivity index (χ3v) is 9.40. The number of phenolic OH excluding ortho intramolecular Hbond substituents is 1. The molecular formula is C37H41BrN2O6. The molecule has 0 aromatic heterocycles. The van der Waals surface area contributed by atoms with E-state index in [-0.39, 0.29) is 37.2 Å². The lowest BCUT2D eigenvalue weighted by atomic mass is 9.68. The van der Waals surface area contributed by atoms with Gasteiger partial charge < -0.3 is 25.4 Å². The van der Waals surface area contributed by atoms with E-state index < -0.39 is 23.9 Å². The molecule has 0 radical (unpaired) electrons. The molecule has 0 saturated carbocycles. The zero-order chi connectivity index (χ0) is 32.8. The van der Waals surface area contributed by atoms with E-state index in [4.69, 9.17) is 4.74 Å². The summed E-state index contributed by atoms with van der Waals surface area (Å²) in [6.07, 6.45) is 3.89. The molecule has 0 unspecified atom stereocenters. The monoisotopic (exact) mass is 688 g/mol. The van der Waals surface area contributed by atoms with Gasteiger partial charge >= 0.3 is 0 Å². The number of hydrogen-bond acceptors (Lipinski definition) is 7. The highest BCUT2D eigenvalue weighted by atomic mass is 79.9. The van der Waals surface area contributed by atoms with Crippen molar-refractivity contribution >= 4 is 50.9 Å². The Kier molecular flexibility index (Phi) is 11.1. The molecule has 242 valence electrons. The van der Waals surface area contributed by atoms with E-state index >= 15 is 0 Å². The number of para-hydroxylation sites is 1. The molecule has 1 saturated heterocycles. The van der Waals surface area contributed by atoms with Crippen LogP contribution in [0, 0.1) is 17.8 Å². The second-order valence-electron chi connectivity index (χ2n) is 12.0. The Morgan fingerprint density at radius 3 is 2.43 bits per heavy atom. The lowest BCUT2D eigenvalue weighted by Crippen LogP contribution is -2.39. The van der Waals surface area contributed by atoms with E-state index in [1.165, 1.54) is 4.90 Å². The number of amides is 2. The van der Waals surface area contributed by atoms with Gasteiger partial charge in [-0.25, -0.2) is 0 Å². The Morgan fingerprint density at radius 2 is 1.76 bits per heavy atom. The highest BCUT2D eigenvalue weighted by Crippen LogP contribution is 2.47. The molecular weight excluding hydrogens is 648 g/mol. The molecule has 1 aliphatic heterocycles. The standard InChI is InChI=1S/C37H41BrN2O6/c1-3-7-23(18-24-19-26(38)11-17-32(24)42)10-16-33(43)34-25(22-46-2)20-30-35(31(34)21-41)37(45)40(36(30)44)29-14-12-28(13-15-29)39-27-8-5-4-6-9-27/h4-6,8-9,11-15,17-19,30-31,33,35,39,41-43H,3,7,10,16,20-22H2,1-2H3/b23-18+/t30-,31+,33-,35-/m1/s1. The number of halogens is 1. The maximum Gasteiger partial charge on any atom is 0.238 e. The molecule has 5 rings (SSSR count). The second kappa shape index (κ2) is 15.2. The molecule has 4 atom stereocenters. The number of nitrogens with one attached hydrogen (secondary N) is 1. The zero-order valence-corrected chi connectivity index (χ0v) is 27.7. The minimum atomic E-state index is -0.945. The van der Waals surface area contributed by atoms with Crippen molar-refractivity contribution < 1.29 is 29.6 Å². The smallest absolute Gasteiger partial charge is 0.238 e. The maximum absolute atomic E-state index is 13.9. The molecule has 3 aromatic carbocycles. The number of carbonyl (C=O) groups is 2. The third kappa shape index (κ3) is 7.28. The number of aliphatic hydroxyl groups excluding tert-OH is 2. The van der Waals surface area contributed by atoms with Crippen LogP contribution in [0.15, 0.2) is 94.0 Å². The van der Waals surface area contributed by atoms with Crippen LogP contribution in [0.3, 0.4) is 0 Å². The average molecular weight is 690 g/mol. The number of hydrogen-bond donors (Lipinski definition) is 4. The Morgan fingerprint density at radius 1 is 1.04 bits per heavy atom. The number of carbonyl (C=O) groups excluding carboxylic acids is 2. The van der Waals surface area contributed by atoms with Crippen molar-refractivity contribution in [3.05, 3.63) is 99.6 Å². The zero-order valence-electron chi connectivity index (χ0n) is 26.2. The minimum absolute atomic E-state index is 0.178. The van der Waals surface area contributed by atoms with Gasteiger partial charge in [0, 0.05) is 34.4 Å². The number of benzene rings is 3. The number of fused-ring (bicyclic) bond motifs is 1. The number of methoxy groups -OCH3 is 1. The van der Waals surface area contributed by atoms with Crippen LogP contribution in [-0.4, -0.2) is 53.6 Å². The molecule has 2 aliphatic rings. The minimum Gasteiger partial charge on any atom is -0.507 e. The van der Waals surface area contributed by atoms with Crippen LogP contribution in [0.1, 0.15) is 44.6 Å². The van der Waals surface area contributed by atoms with E-state index in [0.29, 0.717) is 29.7 Å². The number of rotatable bonds is 13. The van der Waals surface area contributed by atoms with Gasteiger partial charge in [-0.3, -0.25) is 14.5 Å². The number of aliphatic hydroxyl groups is 2. The van der Waals surface area contributed by atoms with Crippen molar-refractivity contribution in [3.8, 4) is 5.75 Å². The molecule has 0 bridgehead atoms. The van der Waals surface area contributed by atoms with E-state index in [2.05, 4.69) is 28.2 Å². The van der Waals surface area contributed by atoms with Gasteiger partial charge in [-0.1, -0.05) is 59.1 Å². The second-order valence-corrected chi connectivity index (χ2v) is 12.9. The molecule has 2 amide bonds. The molecule has 46 heavy (non-hydrogen) atoms. The highest BCUT2D eigenvalue weighted by molar-refractivity contribution is 9.10. The molecule has 8 nitrogen and oxygen atoms in total. The molecule has 0 spiro atoms. The van der Waals surface area contributed by atoms with E-state index in [1.54, 1.807) is 31.4 Å². The van der Waals surface area contributed by atoms with Crippen LogP contribution in [0.4, 0.5) is 17.1 Å².